The minimum absolute atomic E-state index is 0.0575. The minimum atomic E-state index is -0.492. The second-order valence-corrected chi connectivity index (χ2v) is 4.70. The van der Waals surface area contributed by atoms with Gasteiger partial charge < -0.3 is 4.42 Å². The van der Waals surface area contributed by atoms with Crippen LogP contribution in [0.25, 0.3) is 22.3 Å². The van der Waals surface area contributed by atoms with E-state index in [2.05, 4.69) is 0 Å². The van der Waals surface area contributed by atoms with Gasteiger partial charge in [0.25, 0.3) is 0 Å². The highest BCUT2D eigenvalue weighted by molar-refractivity contribution is 6.31. The Bertz CT molecular complexity index is 760. The third-order valence-corrected chi connectivity index (χ3v) is 3.38. The van der Waals surface area contributed by atoms with Crippen molar-refractivity contribution in [3.05, 3.63) is 58.6 Å². The van der Waals surface area contributed by atoms with Crippen LogP contribution in [0.2, 0.25) is 5.02 Å². The average molecular weight is 279 g/mol. The van der Waals surface area contributed by atoms with Gasteiger partial charge in [-0.3, -0.25) is 0 Å². The molecular weight excluding hydrogens is 270 g/mol. The summed E-state index contributed by atoms with van der Waals surface area (Å²) >= 11 is 5.77. The van der Waals surface area contributed by atoms with Gasteiger partial charge in [-0.2, -0.15) is 0 Å². The summed E-state index contributed by atoms with van der Waals surface area (Å²) < 4.78 is 32.6. The van der Waals surface area contributed by atoms with Gasteiger partial charge in [0.15, 0.2) is 5.82 Å². The molecule has 19 heavy (non-hydrogen) atoms. The summed E-state index contributed by atoms with van der Waals surface area (Å²) in [5.74, 6) is -0.295. The summed E-state index contributed by atoms with van der Waals surface area (Å²) in [5, 5.41) is 0.425. The molecule has 1 heterocycles. The van der Waals surface area contributed by atoms with Crippen LogP contribution in [-0.2, 0) is 0 Å². The van der Waals surface area contributed by atoms with E-state index in [-0.39, 0.29) is 10.8 Å². The molecule has 0 bridgehead atoms. The van der Waals surface area contributed by atoms with Crippen LogP contribution in [-0.4, -0.2) is 0 Å². The molecule has 1 nitrogen and oxygen atoms in total. The zero-order chi connectivity index (χ0) is 13.6. The highest BCUT2D eigenvalue weighted by atomic mass is 35.5. The van der Waals surface area contributed by atoms with E-state index in [9.17, 15) is 8.78 Å². The molecule has 3 aromatic rings. The highest BCUT2D eigenvalue weighted by Crippen LogP contribution is 2.36. The van der Waals surface area contributed by atoms with Crippen molar-refractivity contribution in [2.45, 2.75) is 6.92 Å². The summed E-state index contributed by atoms with van der Waals surface area (Å²) in [5.41, 5.74) is 1.78. The molecular formula is C15H9ClF2O. The molecule has 0 aliphatic rings. The van der Waals surface area contributed by atoms with Crippen molar-refractivity contribution < 1.29 is 13.2 Å². The number of halogens is 3. The van der Waals surface area contributed by atoms with Gasteiger partial charge in [-0.15, -0.1) is 0 Å². The van der Waals surface area contributed by atoms with Gasteiger partial charge in [-0.05, 0) is 43.3 Å². The van der Waals surface area contributed by atoms with E-state index in [4.69, 9.17) is 16.0 Å². The van der Waals surface area contributed by atoms with Crippen LogP contribution in [0.15, 0.2) is 40.8 Å². The van der Waals surface area contributed by atoms with Crippen LogP contribution in [0, 0.1) is 18.6 Å². The molecule has 0 radical (unpaired) electrons. The van der Waals surface area contributed by atoms with E-state index in [0.717, 1.165) is 0 Å². The van der Waals surface area contributed by atoms with E-state index in [1.54, 1.807) is 25.1 Å². The van der Waals surface area contributed by atoms with E-state index in [0.29, 0.717) is 27.9 Å². The Hall–Kier alpha value is -1.87. The van der Waals surface area contributed by atoms with Crippen molar-refractivity contribution in [3.8, 4) is 11.3 Å². The molecule has 0 aliphatic carbocycles. The number of hydrogen-bond acceptors (Lipinski definition) is 1. The number of rotatable bonds is 1. The lowest BCUT2D eigenvalue weighted by atomic mass is 10.1. The Morgan fingerprint density at radius 1 is 1.00 bits per heavy atom. The largest absolute Gasteiger partial charge is 0.456 e. The second-order valence-electron chi connectivity index (χ2n) is 4.30. The topological polar surface area (TPSA) is 13.1 Å². The Labute approximate surface area is 113 Å². The molecule has 4 heteroatoms. The number of aryl methyl sites for hydroxylation is 1. The summed E-state index contributed by atoms with van der Waals surface area (Å²) in [6.45, 7) is 1.75. The van der Waals surface area contributed by atoms with Crippen molar-refractivity contribution in [1.82, 2.24) is 0 Å². The Morgan fingerprint density at radius 2 is 1.68 bits per heavy atom. The first-order valence-electron chi connectivity index (χ1n) is 5.71. The molecule has 0 unspecified atom stereocenters. The van der Waals surface area contributed by atoms with Crippen molar-refractivity contribution >= 4 is 22.6 Å². The molecule has 96 valence electrons. The van der Waals surface area contributed by atoms with Crippen LogP contribution in [0.3, 0.4) is 0 Å². The van der Waals surface area contributed by atoms with Crippen LogP contribution >= 0.6 is 11.6 Å². The van der Waals surface area contributed by atoms with Gasteiger partial charge in [0.2, 0.25) is 0 Å². The van der Waals surface area contributed by atoms with Gasteiger partial charge in [-0.1, -0.05) is 11.6 Å². The summed E-state index contributed by atoms with van der Waals surface area (Å²) in [6.07, 6.45) is 0. The molecule has 0 fully saturated rings. The second kappa shape index (κ2) is 4.35. The molecule has 0 aliphatic heterocycles. The summed E-state index contributed by atoms with van der Waals surface area (Å²) in [4.78, 5) is 0. The lowest BCUT2D eigenvalue weighted by Gasteiger charge is -1.98. The summed E-state index contributed by atoms with van der Waals surface area (Å²) in [7, 11) is 0. The van der Waals surface area contributed by atoms with Crippen LogP contribution < -0.4 is 0 Å². The third-order valence-electron chi connectivity index (χ3n) is 3.09. The fraction of sp³-hybridized carbons (Fsp3) is 0.0667. The quantitative estimate of drug-likeness (QED) is 0.585. The van der Waals surface area contributed by atoms with Gasteiger partial charge in [0, 0.05) is 11.1 Å². The van der Waals surface area contributed by atoms with E-state index in [1.165, 1.54) is 18.2 Å². The number of hydrogen-bond donors (Lipinski definition) is 0. The Balaban J connectivity index is 2.28. The van der Waals surface area contributed by atoms with Crippen molar-refractivity contribution in [3.63, 3.8) is 0 Å². The summed E-state index contributed by atoms with van der Waals surface area (Å²) in [6, 6.07) is 8.95. The fourth-order valence-corrected chi connectivity index (χ4v) is 2.30. The molecule has 3 rings (SSSR count). The standard InChI is InChI=1S/C15H9ClF2O/c1-8-13-12(7-6-11(16)14(13)18)19-15(8)9-2-4-10(17)5-3-9/h2-7H,1H3. The molecule has 0 saturated heterocycles. The van der Waals surface area contributed by atoms with Crippen LogP contribution in [0.5, 0.6) is 0 Å². The maximum absolute atomic E-state index is 14.0. The maximum atomic E-state index is 14.0. The first-order chi connectivity index (χ1) is 9.08. The zero-order valence-corrected chi connectivity index (χ0v) is 10.8. The molecule has 0 atom stereocenters. The first kappa shape index (κ1) is 12.2. The predicted molar refractivity (Wildman–Crippen MR) is 71.3 cm³/mol. The molecule has 2 aromatic carbocycles. The third kappa shape index (κ3) is 1.90. The number of furan rings is 1. The van der Waals surface area contributed by atoms with Crippen molar-refractivity contribution in [1.29, 1.82) is 0 Å². The molecule has 0 spiro atoms. The smallest absolute Gasteiger partial charge is 0.153 e. The van der Waals surface area contributed by atoms with Crippen LogP contribution in [0.4, 0.5) is 8.78 Å². The van der Waals surface area contributed by atoms with E-state index in [1.807, 2.05) is 0 Å². The fourth-order valence-electron chi connectivity index (χ4n) is 2.14. The first-order valence-corrected chi connectivity index (χ1v) is 6.09. The van der Waals surface area contributed by atoms with E-state index < -0.39 is 5.82 Å². The van der Waals surface area contributed by atoms with Crippen molar-refractivity contribution in [2.24, 2.45) is 0 Å². The predicted octanol–water partition coefficient (Wildman–Crippen LogP) is 5.34. The van der Waals surface area contributed by atoms with Gasteiger partial charge in [-0.25, -0.2) is 8.78 Å². The van der Waals surface area contributed by atoms with Gasteiger partial charge in [0.1, 0.15) is 17.2 Å². The van der Waals surface area contributed by atoms with Crippen LogP contribution in [0.1, 0.15) is 5.56 Å². The van der Waals surface area contributed by atoms with Gasteiger partial charge in [0.05, 0.1) is 10.4 Å². The molecule has 0 N–H and O–H groups in total. The monoisotopic (exact) mass is 278 g/mol. The lowest BCUT2D eigenvalue weighted by Crippen LogP contribution is -1.82. The maximum Gasteiger partial charge on any atom is 0.153 e. The van der Waals surface area contributed by atoms with Gasteiger partial charge >= 0.3 is 0 Å². The molecule has 0 amide bonds. The zero-order valence-electron chi connectivity index (χ0n) is 10.0. The molecule has 0 saturated carbocycles. The lowest BCUT2D eigenvalue weighted by molar-refractivity contribution is 0.618. The normalized spacial score (nSPS) is 11.2. The molecule has 1 aromatic heterocycles. The minimum Gasteiger partial charge on any atom is -0.456 e. The number of fused-ring (bicyclic) bond motifs is 1. The number of benzene rings is 2. The SMILES string of the molecule is Cc1c(-c2ccc(F)cc2)oc2ccc(Cl)c(F)c12. The van der Waals surface area contributed by atoms with Crippen molar-refractivity contribution in [2.75, 3.05) is 0 Å². The van der Waals surface area contributed by atoms with E-state index >= 15 is 0 Å². The highest BCUT2D eigenvalue weighted by Gasteiger charge is 2.17. The average Bonchev–Trinajstić information content (AvgIpc) is 2.73. The Kier molecular flexibility index (Phi) is 2.79. The Morgan fingerprint density at radius 3 is 2.37 bits per heavy atom.